The van der Waals surface area contributed by atoms with Gasteiger partial charge in [0.15, 0.2) is 0 Å². The monoisotopic (exact) mass is 357 g/mol. The Hall–Kier alpha value is -2.09. The van der Waals surface area contributed by atoms with Gasteiger partial charge in [0.05, 0.1) is 6.42 Å². The Kier molecular flexibility index (Phi) is 5.71. The highest BCUT2D eigenvalue weighted by atomic mass is 79.9. The zero-order valence-corrected chi connectivity index (χ0v) is 13.2. The van der Waals surface area contributed by atoms with Gasteiger partial charge in [-0.3, -0.25) is 4.79 Å². The van der Waals surface area contributed by atoms with E-state index >= 15 is 0 Å². The smallest absolute Gasteiger partial charge is 0.326 e. The van der Waals surface area contributed by atoms with Crippen molar-refractivity contribution in [3.05, 3.63) is 27.7 Å². The molecule has 21 heavy (non-hydrogen) atoms. The van der Waals surface area contributed by atoms with Gasteiger partial charge in [-0.15, -0.1) is 0 Å². The van der Waals surface area contributed by atoms with Crippen LogP contribution in [-0.2, 0) is 9.59 Å². The van der Waals surface area contributed by atoms with Crippen molar-refractivity contribution >= 4 is 39.5 Å². The van der Waals surface area contributed by atoms with Crippen LogP contribution in [-0.4, -0.2) is 29.1 Å². The van der Waals surface area contributed by atoms with Crippen LogP contribution in [0.4, 0.5) is 10.5 Å². The van der Waals surface area contributed by atoms with Crippen molar-refractivity contribution in [1.82, 2.24) is 5.32 Å². The molecule has 3 amide bonds. The molecule has 0 aliphatic heterocycles. The molecule has 0 aliphatic rings. The Labute approximate surface area is 130 Å². The second-order valence-electron chi connectivity index (χ2n) is 4.58. The number of urea groups is 1. The van der Waals surface area contributed by atoms with Gasteiger partial charge < -0.3 is 21.5 Å². The van der Waals surface area contributed by atoms with Crippen LogP contribution in [0.1, 0.15) is 17.5 Å². The number of halogens is 1. The molecule has 1 aromatic carbocycles. The number of nitrogens with one attached hydrogen (secondary N) is 2. The third-order valence-electron chi connectivity index (χ3n) is 2.70. The minimum atomic E-state index is -1.36. The SMILES string of the molecule is Cc1cc(NC(=O)N[C@H](CC(N)=O)C(=O)O)cc(C)c1Br. The van der Waals surface area contributed by atoms with E-state index in [0.29, 0.717) is 5.69 Å². The number of aryl methyl sites for hydroxylation is 2. The quantitative estimate of drug-likeness (QED) is 0.637. The molecule has 114 valence electrons. The lowest BCUT2D eigenvalue weighted by Crippen LogP contribution is -2.45. The maximum atomic E-state index is 11.8. The number of carbonyl (C=O) groups excluding carboxylic acids is 2. The molecule has 8 heteroatoms. The molecule has 0 saturated heterocycles. The average Bonchev–Trinajstić information content (AvgIpc) is 2.34. The van der Waals surface area contributed by atoms with E-state index < -0.39 is 30.4 Å². The van der Waals surface area contributed by atoms with Crippen LogP contribution in [0.2, 0.25) is 0 Å². The molecule has 0 radical (unpaired) electrons. The Balaban J connectivity index is 2.76. The van der Waals surface area contributed by atoms with E-state index in [2.05, 4.69) is 26.6 Å². The molecule has 0 heterocycles. The first-order valence-electron chi connectivity index (χ1n) is 6.06. The second-order valence-corrected chi connectivity index (χ2v) is 5.38. The number of primary amides is 1. The molecule has 0 unspecified atom stereocenters. The number of carboxylic acids is 1. The third-order valence-corrected chi connectivity index (χ3v) is 3.95. The number of aliphatic carboxylic acids is 1. The summed E-state index contributed by atoms with van der Waals surface area (Å²) in [4.78, 5) is 33.4. The zero-order valence-electron chi connectivity index (χ0n) is 11.6. The highest BCUT2D eigenvalue weighted by Gasteiger charge is 2.22. The average molecular weight is 358 g/mol. The molecule has 1 rings (SSSR count). The summed E-state index contributed by atoms with van der Waals surface area (Å²) in [6.45, 7) is 3.74. The van der Waals surface area contributed by atoms with Gasteiger partial charge in [0.2, 0.25) is 5.91 Å². The molecule has 7 nitrogen and oxygen atoms in total. The van der Waals surface area contributed by atoms with Crippen LogP contribution < -0.4 is 16.4 Å². The summed E-state index contributed by atoms with van der Waals surface area (Å²) in [6.07, 6.45) is -0.471. The summed E-state index contributed by atoms with van der Waals surface area (Å²) in [5, 5.41) is 13.6. The number of nitrogens with two attached hydrogens (primary N) is 1. The molecular weight excluding hydrogens is 342 g/mol. The van der Waals surface area contributed by atoms with Crippen molar-refractivity contribution in [2.75, 3.05) is 5.32 Å². The van der Waals surface area contributed by atoms with Gasteiger partial charge in [-0.2, -0.15) is 0 Å². The fourth-order valence-corrected chi connectivity index (χ4v) is 1.97. The Morgan fingerprint density at radius 2 is 1.81 bits per heavy atom. The Bertz CT molecular complexity index is 566. The number of hydrogen-bond donors (Lipinski definition) is 4. The van der Waals surface area contributed by atoms with E-state index in [-0.39, 0.29) is 0 Å². The molecule has 0 spiro atoms. The first kappa shape index (κ1) is 17.0. The van der Waals surface area contributed by atoms with Crippen LogP contribution in [0.25, 0.3) is 0 Å². The summed E-state index contributed by atoms with van der Waals surface area (Å²) < 4.78 is 0.936. The molecule has 1 atom stereocenters. The second kappa shape index (κ2) is 7.07. The van der Waals surface area contributed by atoms with Gasteiger partial charge >= 0.3 is 12.0 Å². The predicted molar refractivity (Wildman–Crippen MR) is 81.0 cm³/mol. The summed E-state index contributed by atoms with van der Waals surface area (Å²) >= 11 is 3.41. The van der Waals surface area contributed by atoms with E-state index in [0.717, 1.165) is 15.6 Å². The maximum Gasteiger partial charge on any atom is 0.326 e. The van der Waals surface area contributed by atoms with Gasteiger partial charge in [-0.25, -0.2) is 9.59 Å². The number of amides is 3. The fourth-order valence-electron chi connectivity index (χ4n) is 1.74. The van der Waals surface area contributed by atoms with E-state index in [1.807, 2.05) is 13.8 Å². The Morgan fingerprint density at radius 3 is 2.24 bits per heavy atom. The van der Waals surface area contributed by atoms with Crippen molar-refractivity contribution in [1.29, 1.82) is 0 Å². The van der Waals surface area contributed by atoms with Crippen molar-refractivity contribution in [3.63, 3.8) is 0 Å². The lowest BCUT2D eigenvalue weighted by Gasteiger charge is -2.14. The summed E-state index contributed by atoms with van der Waals surface area (Å²) in [5.41, 5.74) is 7.31. The van der Waals surface area contributed by atoms with Gasteiger partial charge in [0.1, 0.15) is 6.04 Å². The van der Waals surface area contributed by atoms with Crippen molar-refractivity contribution in [2.45, 2.75) is 26.3 Å². The topological polar surface area (TPSA) is 122 Å². The largest absolute Gasteiger partial charge is 0.480 e. The van der Waals surface area contributed by atoms with Crippen molar-refractivity contribution < 1.29 is 19.5 Å². The molecule has 5 N–H and O–H groups in total. The molecule has 0 saturated carbocycles. The normalized spacial score (nSPS) is 11.6. The van der Waals surface area contributed by atoms with Gasteiger partial charge in [-0.1, -0.05) is 15.9 Å². The fraction of sp³-hybridized carbons (Fsp3) is 0.308. The van der Waals surface area contributed by atoms with Crippen LogP contribution >= 0.6 is 15.9 Å². The predicted octanol–water partition coefficient (Wildman–Crippen LogP) is 1.52. The summed E-state index contributed by atoms with van der Waals surface area (Å²) in [6, 6.07) is 1.39. The van der Waals surface area contributed by atoms with Crippen molar-refractivity contribution in [3.8, 4) is 0 Å². The zero-order chi connectivity index (χ0) is 16.2. The standard InChI is InChI=1S/C13H16BrN3O4/c1-6-3-8(4-7(2)11(6)14)16-13(21)17-9(12(19)20)5-10(15)18/h3-4,9H,5H2,1-2H3,(H2,15,18)(H,19,20)(H2,16,17,21)/t9-/m1/s1. The molecule has 0 fully saturated rings. The first-order valence-corrected chi connectivity index (χ1v) is 6.85. The van der Waals surface area contributed by atoms with Crippen LogP contribution in [0.15, 0.2) is 16.6 Å². The van der Waals surface area contributed by atoms with Gasteiger partial charge in [0, 0.05) is 10.2 Å². The Morgan fingerprint density at radius 1 is 1.29 bits per heavy atom. The van der Waals surface area contributed by atoms with E-state index in [4.69, 9.17) is 10.8 Å². The first-order chi connectivity index (χ1) is 9.70. The molecule has 0 aliphatic carbocycles. The number of carbonyl (C=O) groups is 3. The number of carboxylic acid groups (broad SMARTS) is 1. The van der Waals surface area contributed by atoms with Gasteiger partial charge in [-0.05, 0) is 37.1 Å². The van der Waals surface area contributed by atoms with E-state index in [1.54, 1.807) is 12.1 Å². The van der Waals surface area contributed by atoms with Crippen LogP contribution in [0.5, 0.6) is 0 Å². The molecule has 1 aromatic rings. The highest BCUT2D eigenvalue weighted by molar-refractivity contribution is 9.10. The van der Waals surface area contributed by atoms with Crippen LogP contribution in [0.3, 0.4) is 0 Å². The lowest BCUT2D eigenvalue weighted by atomic mass is 10.1. The maximum absolute atomic E-state index is 11.8. The molecular formula is C13H16BrN3O4. The number of benzene rings is 1. The minimum absolute atomic E-state index is 0.471. The molecule has 0 aromatic heterocycles. The summed E-state index contributed by atoms with van der Waals surface area (Å²) in [5.74, 6) is -2.13. The summed E-state index contributed by atoms with van der Waals surface area (Å²) in [7, 11) is 0. The van der Waals surface area contributed by atoms with Crippen LogP contribution in [0, 0.1) is 13.8 Å². The molecule has 0 bridgehead atoms. The van der Waals surface area contributed by atoms with Crippen molar-refractivity contribution in [2.24, 2.45) is 5.73 Å². The van der Waals surface area contributed by atoms with E-state index in [9.17, 15) is 14.4 Å². The minimum Gasteiger partial charge on any atom is -0.480 e. The number of anilines is 1. The van der Waals surface area contributed by atoms with E-state index in [1.165, 1.54) is 0 Å². The number of hydrogen-bond acceptors (Lipinski definition) is 3. The van der Waals surface area contributed by atoms with Gasteiger partial charge in [0.25, 0.3) is 0 Å². The highest BCUT2D eigenvalue weighted by Crippen LogP contribution is 2.24. The number of rotatable bonds is 5. The lowest BCUT2D eigenvalue weighted by molar-refractivity contribution is -0.140. The third kappa shape index (κ3) is 5.07.